The summed E-state index contributed by atoms with van der Waals surface area (Å²) in [5, 5.41) is 0. The van der Waals surface area contributed by atoms with Gasteiger partial charge in [0, 0.05) is 16.7 Å². The third-order valence-electron chi connectivity index (χ3n) is 4.66. The Kier molecular flexibility index (Phi) is 4.83. The molecule has 4 rings (SSSR count). The molecule has 1 aliphatic rings. The zero-order valence-corrected chi connectivity index (χ0v) is 15.7. The number of fused-ring (bicyclic) bond motifs is 3. The second-order valence-corrected chi connectivity index (χ2v) is 6.74. The molecule has 0 aromatic heterocycles. The highest BCUT2D eigenvalue weighted by Crippen LogP contribution is 2.36. The van der Waals surface area contributed by atoms with Gasteiger partial charge in [0.2, 0.25) is 0 Å². The first-order chi connectivity index (χ1) is 14.0. The maximum absolute atomic E-state index is 12.6. The molecule has 3 aromatic rings. The lowest BCUT2D eigenvalue weighted by molar-refractivity contribution is -0.123. The largest absolute Gasteiger partial charge is 0.484 e. The van der Waals surface area contributed by atoms with Crippen molar-refractivity contribution in [1.82, 2.24) is 10.9 Å². The fourth-order valence-electron chi connectivity index (χ4n) is 3.26. The number of hydrogen-bond acceptors (Lipinski definition) is 4. The molecule has 29 heavy (non-hydrogen) atoms. The van der Waals surface area contributed by atoms with E-state index in [4.69, 9.17) is 4.74 Å². The van der Waals surface area contributed by atoms with Gasteiger partial charge in [0.05, 0.1) is 0 Å². The van der Waals surface area contributed by atoms with Gasteiger partial charge >= 0.3 is 0 Å². The van der Waals surface area contributed by atoms with Crippen LogP contribution in [0.1, 0.15) is 31.8 Å². The number of aryl methyl sites for hydroxylation is 1. The van der Waals surface area contributed by atoms with Gasteiger partial charge in [-0.25, -0.2) is 0 Å². The summed E-state index contributed by atoms with van der Waals surface area (Å²) < 4.78 is 5.39. The molecule has 0 saturated heterocycles. The van der Waals surface area contributed by atoms with Crippen molar-refractivity contribution in [3.05, 3.63) is 89.0 Å². The van der Waals surface area contributed by atoms with E-state index in [1.54, 1.807) is 30.3 Å². The Bertz CT molecular complexity index is 1140. The van der Waals surface area contributed by atoms with Crippen molar-refractivity contribution in [2.45, 2.75) is 6.92 Å². The lowest BCUT2D eigenvalue weighted by Crippen LogP contribution is -2.43. The molecule has 2 N–H and O–H groups in total. The summed E-state index contributed by atoms with van der Waals surface area (Å²) in [6, 6.07) is 19.6. The van der Waals surface area contributed by atoms with Gasteiger partial charge in [-0.2, -0.15) is 0 Å². The molecule has 0 fully saturated rings. The van der Waals surface area contributed by atoms with E-state index in [2.05, 4.69) is 10.9 Å². The number of hydrogen-bond donors (Lipinski definition) is 2. The number of nitrogens with one attached hydrogen (secondary N) is 2. The van der Waals surface area contributed by atoms with Crippen LogP contribution >= 0.6 is 0 Å². The van der Waals surface area contributed by atoms with Crippen molar-refractivity contribution < 1.29 is 19.1 Å². The summed E-state index contributed by atoms with van der Waals surface area (Å²) in [6.45, 7) is 1.69. The monoisotopic (exact) mass is 386 g/mol. The Labute approximate surface area is 167 Å². The summed E-state index contributed by atoms with van der Waals surface area (Å²) in [5.74, 6) is -0.547. The molecule has 2 amide bonds. The lowest BCUT2D eigenvalue weighted by atomic mass is 10.0. The van der Waals surface area contributed by atoms with E-state index in [1.165, 1.54) is 0 Å². The standard InChI is InChI=1S/C23H18N2O4/c1-14-5-4-6-16(11-14)29-13-21(26)24-25-23(28)15-9-10-18-17-7-2-3-8-19(17)22(27)20(18)12-15/h2-12H,13H2,1H3,(H,24,26)(H,25,28). The number of benzene rings is 3. The summed E-state index contributed by atoms with van der Waals surface area (Å²) in [7, 11) is 0. The molecule has 0 saturated carbocycles. The lowest BCUT2D eigenvalue weighted by Gasteiger charge is -2.10. The quantitative estimate of drug-likeness (QED) is 0.528. The second kappa shape index (κ2) is 7.59. The molecule has 6 nitrogen and oxygen atoms in total. The minimum atomic E-state index is -0.513. The van der Waals surface area contributed by atoms with Crippen molar-refractivity contribution in [2.24, 2.45) is 0 Å². The van der Waals surface area contributed by atoms with E-state index < -0.39 is 11.8 Å². The normalized spacial score (nSPS) is 11.4. The molecule has 3 aromatic carbocycles. The Balaban J connectivity index is 1.37. The highest BCUT2D eigenvalue weighted by atomic mass is 16.5. The maximum atomic E-state index is 12.6. The van der Waals surface area contributed by atoms with Gasteiger partial charge in [-0.05, 0) is 47.9 Å². The van der Waals surface area contributed by atoms with Gasteiger partial charge in [-0.15, -0.1) is 0 Å². The van der Waals surface area contributed by atoms with Crippen LogP contribution in [-0.2, 0) is 4.79 Å². The Hall–Kier alpha value is -3.93. The number of ether oxygens (including phenoxy) is 1. The van der Waals surface area contributed by atoms with E-state index in [-0.39, 0.29) is 18.0 Å². The predicted octanol–water partition coefficient (Wildman–Crippen LogP) is 3.05. The second-order valence-electron chi connectivity index (χ2n) is 6.74. The zero-order valence-electron chi connectivity index (χ0n) is 15.7. The van der Waals surface area contributed by atoms with Gasteiger partial charge in [0.1, 0.15) is 5.75 Å². The molecular weight excluding hydrogens is 368 g/mol. The van der Waals surface area contributed by atoms with Crippen LogP contribution in [-0.4, -0.2) is 24.2 Å². The van der Waals surface area contributed by atoms with Gasteiger partial charge < -0.3 is 4.74 Å². The summed E-state index contributed by atoms with van der Waals surface area (Å²) in [6.07, 6.45) is 0. The molecule has 0 aliphatic heterocycles. The Morgan fingerprint density at radius 1 is 0.828 bits per heavy atom. The number of amides is 2. The van der Waals surface area contributed by atoms with Gasteiger partial charge in [-0.1, -0.05) is 42.5 Å². The highest BCUT2D eigenvalue weighted by molar-refractivity contribution is 6.22. The van der Waals surface area contributed by atoms with Crippen molar-refractivity contribution >= 4 is 17.6 Å². The number of hydrazine groups is 1. The molecule has 0 spiro atoms. The number of rotatable bonds is 4. The fourth-order valence-corrected chi connectivity index (χ4v) is 3.26. The summed E-state index contributed by atoms with van der Waals surface area (Å²) in [4.78, 5) is 36.8. The molecule has 0 radical (unpaired) electrons. The van der Waals surface area contributed by atoms with E-state index in [0.29, 0.717) is 16.9 Å². The molecule has 0 atom stereocenters. The van der Waals surface area contributed by atoms with Crippen molar-refractivity contribution in [1.29, 1.82) is 0 Å². The molecule has 0 unspecified atom stereocenters. The minimum absolute atomic E-state index is 0.110. The molecule has 1 aliphatic carbocycles. The molecule has 0 heterocycles. The van der Waals surface area contributed by atoms with Crippen LogP contribution in [0.15, 0.2) is 66.7 Å². The minimum Gasteiger partial charge on any atom is -0.484 e. The topological polar surface area (TPSA) is 84.5 Å². The SMILES string of the molecule is Cc1cccc(OCC(=O)NNC(=O)c2ccc3c(c2)C(=O)c2ccccc2-3)c1. The van der Waals surface area contributed by atoms with E-state index >= 15 is 0 Å². The van der Waals surface area contributed by atoms with Crippen LogP contribution < -0.4 is 15.6 Å². The van der Waals surface area contributed by atoms with Crippen molar-refractivity contribution in [2.75, 3.05) is 6.61 Å². The molecule has 0 bridgehead atoms. The van der Waals surface area contributed by atoms with E-state index in [9.17, 15) is 14.4 Å². The van der Waals surface area contributed by atoms with Gasteiger partial charge in [0.25, 0.3) is 11.8 Å². The first-order valence-corrected chi connectivity index (χ1v) is 9.10. The highest BCUT2D eigenvalue weighted by Gasteiger charge is 2.27. The summed E-state index contributed by atoms with van der Waals surface area (Å²) >= 11 is 0. The first kappa shape index (κ1) is 18.4. The van der Waals surface area contributed by atoms with Gasteiger partial charge in [-0.3, -0.25) is 25.2 Å². The molecule has 144 valence electrons. The van der Waals surface area contributed by atoms with Crippen LogP contribution in [0.25, 0.3) is 11.1 Å². The maximum Gasteiger partial charge on any atom is 0.276 e. The third kappa shape index (κ3) is 3.73. The van der Waals surface area contributed by atoms with E-state index in [1.807, 2.05) is 43.3 Å². The van der Waals surface area contributed by atoms with Crippen LogP contribution in [0.3, 0.4) is 0 Å². The first-order valence-electron chi connectivity index (χ1n) is 9.10. The van der Waals surface area contributed by atoms with Crippen molar-refractivity contribution in [3.63, 3.8) is 0 Å². The van der Waals surface area contributed by atoms with Crippen LogP contribution in [0.2, 0.25) is 0 Å². The summed E-state index contributed by atoms with van der Waals surface area (Å²) in [5.41, 5.74) is 8.73. The molecular formula is C23H18N2O4. The Morgan fingerprint density at radius 3 is 2.38 bits per heavy atom. The predicted molar refractivity (Wildman–Crippen MR) is 108 cm³/mol. The zero-order chi connectivity index (χ0) is 20.4. The number of ketones is 1. The number of carbonyl (C=O) groups excluding carboxylic acids is 3. The average molecular weight is 386 g/mol. The van der Waals surface area contributed by atoms with Crippen molar-refractivity contribution in [3.8, 4) is 16.9 Å². The van der Waals surface area contributed by atoms with E-state index in [0.717, 1.165) is 16.7 Å². The fraction of sp³-hybridized carbons (Fsp3) is 0.0870. The number of carbonyl (C=O) groups is 3. The van der Waals surface area contributed by atoms with Gasteiger partial charge in [0.15, 0.2) is 12.4 Å². The Morgan fingerprint density at radius 2 is 1.59 bits per heavy atom. The smallest absolute Gasteiger partial charge is 0.276 e. The van der Waals surface area contributed by atoms with Crippen LogP contribution in [0, 0.1) is 6.92 Å². The third-order valence-corrected chi connectivity index (χ3v) is 4.66. The van der Waals surface area contributed by atoms with Crippen LogP contribution in [0.5, 0.6) is 5.75 Å². The van der Waals surface area contributed by atoms with Crippen LogP contribution in [0.4, 0.5) is 0 Å². The molecule has 6 heteroatoms. The average Bonchev–Trinajstić information content (AvgIpc) is 3.02.